The lowest BCUT2D eigenvalue weighted by molar-refractivity contribution is -0.111. The van der Waals surface area contributed by atoms with Crippen LogP contribution in [0.2, 0.25) is 0 Å². The van der Waals surface area contributed by atoms with Crippen LogP contribution in [0.3, 0.4) is 0 Å². The van der Waals surface area contributed by atoms with E-state index in [2.05, 4.69) is 32.4 Å². The number of amides is 1. The van der Waals surface area contributed by atoms with Gasteiger partial charge in [0.2, 0.25) is 5.91 Å². The lowest BCUT2D eigenvalue weighted by Crippen LogP contribution is -2.14. The van der Waals surface area contributed by atoms with E-state index in [0.29, 0.717) is 12.4 Å². The summed E-state index contributed by atoms with van der Waals surface area (Å²) in [4.78, 5) is 12.3. The summed E-state index contributed by atoms with van der Waals surface area (Å²) < 4.78 is 8.28. The van der Waals surface area contributed by atoms with Crippen molar-refractivity contribution in [3.05, 3.63) is 82.0 Å². The monoisotopic (exact) mass is 423 g/mol. The number of nitrogens with zero attached hydrogens (tertiary/aromatic N) is 2. The lowest BCUT2D eigenvalue weighted by atomic mass is 10.1. The number of aromatic nitrogens is 2. The van der Waals surface area contributed by atoms with Gasteiger partial charge in [-0.05, 0) is 41.0 Å². The maximum absolute atomic E-state index is 12.3. The topological polar surface area (TPSA) is 56.1 Å². The fourth-order valence-electron chi connectivity index (χ4n) is 3.00. The normalized spacial score (nSPS) is 12.8. The largest absolute Gasteiger partial charge is 0.493 e. The molecular weight excluding hydrogens is 406 g/mol. The van der Waals surface area contributed by atoms with Crippen LogP contribution >= 0.6 is 15.9 Å². The first-order valence-electron chi connectivity index (χ1n) is 8.69. The van der Waals surface area contributed by atoms with Gasteiger partial charge < -0.3 is 10.1 Å². The molecule has 2 heterocycles. The van der Waals surface area contributed by atoms with E-state index in [1.54, 1.807) is 16.9 Å². The summed E-state index contributed by atoms with van der Waals surface area (Å²) in [7, 11) is 0. The van der Waals surface area contributed by atoms with Crippen LogP contribution < -0.4 is 10.1 Å². The van der Waals surface area contributed by atoms with Gasteiger partial charge in [0, 0.05) is 23.0 Å². The summed E-state index contributed by atoms with van der Waals surface area (Å²) in [5.41, 5.74) is 3.26. The van der Waals surface area contributed by atoms with Gasteiger partial charge in [0.15, 0.2) is 0 Å². The number of hydrogen-bond donors (Lipinski definition) is 1. The van der Waals surface area contributed by atoms with Gasteiger partial charge in [0.25, 0.3) is 0 Å². The zero-order chi connectivity index (χ0) is 18.6. The number of nitrogens with one attached hydrogen (secondary N) is 1. The van der Waals surface area contributed by atoms with E-state index in [-0.39, 0.29) is 5.91 Å². The first kappa shape index (κ1) is 17.5. The van der Waals surface area contributed by atoms with Gasteiger partial charge in [-0.25, -0.2) is 4.68 Å². The summed E-state index contributed by atoms with van der Waals surface area (Å²) in [6.07, 6.45) is 5.93. The van der Waals surface area contributed by atoms with Gasteiger partial charge >= 0.3 is 0 Å². The average molecular weight is 424 g/mol. The Balaban J connectivity index is 1.43. The van der Waals surface area contributed by atoms with Gasteiger partial charge in [-0.1, -0.05) is 40.2 Å². The Kier molecular flexibility index (Phi) is 5.07. The Hall–Kier alpha value is -2.86. The molecule has 0 aliphatic carbocycles. The van der Waals surface area contributed by atoms with Crippen LogP contribution in [0.25, 0.3) is 6.08 Å². The van der Waals surface area contributed by atoms with Crippen LogP contribution in [0.1, 0.15) is 16.7 Å². The van der Waals surface area contributed by atoms with Crippen molar-refractivity contribution in [3.63, 3.8) is 0 Å². The molecule has 6 heteroatoms. The number of ether oxygens (including phenoxy) is 1. The second-order valence-corrected chi connectivity index (χ2v) is 7.11. The van der Waals surface area contributed by atoms with Crippen molar-refractivity contribution >= 4 is 33.7 Å². The maximum atomic E-state index is 12.3. The fraction of sp³-hybridized carbons (Fsp3) is 0.143. The van der Waals surface area contributed by atoms with Crippen molar-refractivity contribution in [1.82, 2.24) is 9.78 Å². The zero-order valence-electron chi connectivity index (χ0n) is 14.6. The van der Waals surface area contributed by atoms with E-state index in [4.69, 9.17) is 4.74 Å². The van der Waals surface area contributed by atoms with Crippen molar-refractivity contribution < 1.29 is 9.53 Å². The number of fused-ring (bicyclic) bond motifs is 1. The van der Waals surface area contributed by atoms with Gasteiger partial charge in [0.1, 0.15) is 11.6 Å². The number of anilines is 1. The van der Waals surface area contributed by atoms with Gasteiger partial charge in [-0.15, -0.1) is 0 Å². The minimum absolute atomic E-state index is 0.194. The van der Waals surface area contributed by atoms with Crippen molar-refractivity contribution in [3.8, 4) is 5.75 Å². The van der Waals surface area contributed by atoms with E-state index in [1.807, 2.05) is 42.5 Å². The summed E-state index contributed by atoms with van der Waals surface area (Å²) in [6, 6.07) is 15.7. The van der Waals surface area contributed by atoms with Crippen LogP contribution in [-0.2, 0) is 17.8 Å². The average Bonchev–Trinajstić information content (AvgIpc) is 3.31. The smallest absolute Gasteiger partial charge is 0.249 e. The van der Waals surface area contributed by atoms with E-state index in [1.165, 1.54) is 11.6 Å². The minimum Gasteiger partial charge on any atom is -0.493 e. The Morgan fingerprint density at radius 1 is 1.26 bits per heavy atom. The molecule has 1 aliphatic rings. The molecule has 5 nitrogen and oxygen atoms in total. The van der Waals surface area contributed by atoms with E-state index in [9.17, 15) is 4.79 Å². The van der Waals surface area contributed by atoms with E-state index < -0.39 is 0 Å². The molecule has 0 atom stereocenters. The third-order valence-corrected chi connectivity index (χ3v) is 5.16. The quantitative estimate of drug-likeness (QED) is 0.623. The highest BCUT2D eigenvalue weighted by atomic mass is 79.9. The van der Waals surface area contributed by atoms with Gasteiger partial charge in [0.05, 0.1) is 19.3 Å². The van der Waals surface area contributed by atoms with Crippen molar-refractivity contribution in [1.29, 1.82) is 0 Å². The highest BCUT2D eigenvalue weighted by molar-refractivity contribution is 9.10. The van der Waals surface area contributed by atoms with E-state index in [0.717, 1.165) is 34.4 Å². The van der Waals surface area contributed by atoms with Crippen molar-refractivity contribution in [2.45, 2.75) is 13.0 Å². The Morgan fingerprint density at radius 2 is 2.15 bits per heavy atom. The van der Waals surface area contributed by atoms with Crippen LogP contribution in [0.15, 0.2) is 65.3 Å². The molecule has 4 rings (SSSR count). The Labute approximate surface area is 165 Å². The molecule has 0 fully saturated rings. The molecule has 0 saturated heterocycles. The number of carbonyl (C=O) groups is 1. The number of halogens is 1. The molecule has 136 valence electrons. The minimum atomic E-state index is -0.194. The van der Waals surface area contributed by atoms with Gasteiger partial charge in [-0.2, -0.15) is 5.10 Å². The number of rotatable bonds is 5. The lowest BCUT2D eigenvalue weighted by Gasteiger charge is -2.09. The molecule has 0 radical (unpaired) electrons. The molecule has 1 aromatic heterocycles. The standard InChI is InChI=1S/C21H18BrN3O2/c22-18-4-2-1-3-17(18)14-25-20(9-11-23-25)24-21(26)8-6-15-5-7-19-16(13-15)10-12-27-19/h1-9,11,13H,10,12,14H2,(H,24,26)/b8-6+. The van der Waals surface area contributed by atoms with E-state index >= 15 is 0 Å². The highest BCUT2D eigenvalue weighted by Crippen LogP contribution is 2.26. The molecule has 2 aromatic carbocycles. The zero-order valence-corrected chi connectivity index (χ0v) is 16.1. The first-order chi connectivity index (χ1) is 13.2. The second kappa shape index (κ2) is 7.80. The molecule has 1 aliphatic heterocycles. The Bertz CT molecular complexity index is 1010. The Morgan fingerprint density at radius 3 is 3.04 bits per heavy atom. The van der Waals surface area contributed by atoms with Crippen LogP contribution in [0.5, 0.6) is 5.75 Å². The van der Waals surface area contributed by atoms with Gasteiger partial charge in [-0.3, -0.25) is 4.79 Å². The second-order valence-electron chi connectivity index (χ2n) is 6.25. The van der Waals surface area contributed by atoms with Crippen LogP contribution in [0.4, 0.5) is 5.82 Å². The molecule has 3 aromatic rings. The predicted octanol–water partition coefficient (Wildman–Crippen LogP) is 4.28. The summed E-state index contributed by atoms with van der Waals surface area (Å²) in [6.45, 7) is 1.29. The van der Waals surface area contributed by atoms with Crippen molar-refractivity contribution in [2.75, 3.05) is 11.9 Å². The maximum Gasteiger partial charge on any atom is 0.249 e. The summed E-state index contributed by atoms with van der Waals surface area (Å²) >= 11 is 3.54. The SMILES string of the molecule is O=C(/C=C/c1ccc2c(c1)CCO2)Nc1ccnn1Cc1ccccc1Br. The molecule has 1 N–H and O–H groups in total. The number of carbonyl (C=O) groups excluding carboxylic acids is 1. The number of benzene rings is 2. The molecule has 0 unspecified atom stereocenters. The summed E-state index contributed by atoms with van der Waals surface area (Å²) in [5, 5.41) is 7.19. The molecule has 0 spiro atoms. The van der Waals surface area contributed by atoms with Crippen LogP contribution in [-0.4, -0.2) is 22.3 Å². The van der Waals surface area contributed by atoms with Crippen molar-refractivity contribution in [2.24, 2.45) is 0 Å². The molecule has 0 bridgehead atoms. The first-order valence-corrected chi connectivity index (χ1v) is 9.48. The third kappa shape index (κ3) is 4.11. The predicted molar refractivity (Wildman–Crippen MR) is 109 cm³/mol. The highest BCUT2D eigenvalue weighted by Gasteiger charge is 2.11. The molecule has 1 amide bonds. The summed E-state index contributed by atoms with van der Waals surface area (Å²) in [5.74, 6) is 1.40. The number of hydrogen-bond acceptors (Lipinski definition) is 3. The fourth-order valence-corrected chi connectivity index (χ4v) is 3.41. The molecule has 27 heavy (non-hydrogen) atoms. The third-order valence-electron chi connectivity index (χ3n) is 4.39. The molecular formula is C21H18BrN3O2. The molecule has 0 saturated carbocycles. The van der Waals surface area contributed by atoms with Crippen LogP contribution in [0, 0.1) is 0 Å².